The Morgan fingerprint density at radius 1 is 1.39 bits per heavy atom. The molecule has 0 fully saturated rings. The van der Waals surface area contributed by atoms with E-state index >= 15 is 0 Å². The van der Waals surface area contributed by atoms with Crippen LogP contribution in [0.1, 0.15) is 59.4 Å². The van der Waals surface area contributed by atoms with Gasteiger partial charge in [-0.2, -0.15) is 18.3 Å². The van der Waals surface area contributed by atoms with Gasteiger partial charge in [0.05, 0.1) is 21.8 Å². The van der Waals surface area contributed by atoms with Crippen molar-refractivity contribution < 1.29 is 27.5 Å². The topological polar surface area (TPSA) is 73.2 Å². The summed E-state index contributed by atoms with van der Waals surface area (Å²) in [6.07, 6.45) is -2.51. The number of carbonyl (C=O) groups is 2. The van der Waals surface area contributed by atoms with Crippen LogP contribution in [0.3, 0.4) is 0 Å². The second-order valence-corrected chi connectivity index (χ2v) is 9.86. The maximum Gasteiger partial charge on any atom is 0.436 e. The van der Waals surface area contributed by atoms with Crippen LogP contribution in [0.2, 0.25) is 0 Å². The molecule has 11 heteroatoms. The van der Waals surface area contributed by atoms with Crippen molar-refractivity contribution in [2.45, 2.75) is 65.8 Å². The van der Waals surface area contributed by atoms with Crippen molar-refractivity contribution in [1.82, 2.24) is 9.78 Å². The number of amides is 1. The van der Waals surface area contributed by atoms with Crippen LogP contribution in [0.25, 0.3) is 0 Å². The van der Waals surface area contributed by atoms with Gasteiger partial charge in [-0.05, 0) is 67.4 Å². The highest BCUT2D eigenvalue weighted by Crippen LogP contribution is 2.40. The molecule has 1 N–H and O–H groups in total. The minimum Gasteiger partial charge on any atom is -0.459 e. The summed E-state index contributed by atoms with van der Waals surface area (Å²) in [5, 5.41) is 6.60. The van der Waals surface area contributed by atoms with E-state index in [0.29, 0.717) is 22.9 Å². The molecule has 0 aromatic carbocycles. The first kappa shape index (κ1) is 23.8. The molecule has 0 aliphatic heterocycles. The summed E-state index contributed by atoms with van der Waals surface area (Å²) < 4.78 is 45.4. The Kier molecular flexibility index (Phi) is 6.85. The van der Waals surface area contributed by atoms with E-state index in [1.54, 1.807) is 13.8 Å². The number of thiophene rings is 1. The first-order valence-electron chi connectivity index (χ1n) is 9.83. The van der Waals surface area contributed by atoms with Gasteiger partial charge >= 0.3 is 12.1 Å². The van der Waals surface area contributed by atoms with Gasteiger partial charge in [-0.1, -0.05) is 6.92 Å². The quantitative estimate of drug-likeness (QED) is 0.537. The van der Waals surface area contributed by atoms with Crippen LogP contribution in [0.15, 0.2) is 4.47 Å². The lowest BCUT2D eigenvalue weighted by atomic mass is 9.88. The number of nitrogens with zero attached hydrogens (tertiary/aromatic N) is 2. The number of ether oxygens (including phenoxy) is 1. The third-order valence-electron chi connectivity index (χ3n) is 5.01. The first-order valence-corrected chi connectivity index (χ1v) is 11.4. The Morgan fingerprint density at radius 2 is 2.06 bits per heavy atom. The lowest BCUT2D eigenvalue weighted by Crippen LogP contribution is -2.22. The average molecular weight is 522 g/mol. The molecule has 2 aromatic heterocycles. The van der Waals surface area contributed by atoms with E-state index in [0.717, 1.165) is 28.0 Å². The molecule has 0 spiro atoms. The van der Waals surface area contributed by atoms with Crippen molar-refractivity contribution in [2.24, 2.45) is 5.92 Å². The van der Waals surface area contributed by atoms with E-state index < -0.39 is 30.3 Å². The third-order valence-corrected chi connectivity index (χ3v) is 7.13. The van der Waals surface area contributed by atoms with Crippen molar-refractivity contribution in [1.29, 1.82) is 0 Å². The molecule has 1 atom stereocenters. The normalized spacial score (nSPS) is 16.4. The Hall–Kier alpha value is -1.88. The zero-order valence-corrected chi connectivity index (χ0v) is 19.9. The summed E-state index contributed by atoms with van der Waals surface area (Å²) in [4.78, 5) is 26.4. The van der Waals surface area contributed by atoms with Crippen LogP contribution in [-0.4, -0.2) is 27.8 Å². The molecule has 0 saturated heterocycles. The number of hydrogen-bond donors (Lipinski definition) is 1. The fourth-order valence-electron chi connectivity index (χ4n) is 3.49. The highest BCUT2D eigenvalue weighted by atomic mass is 79.9. The number of anilines is 1. The van der Waals surface area contributed by atoms with E-state index in [1.807, 2.05) is 0 Å². The number of carbonyl (C=O) groups excluding carboxylic acids is 2. The summed E-state index contributed by atoms with van der Waals surface area (Å²) in [5.41, 5.74) is 0.338. The highest BCUT2D eigenvalue weighted by Gasteiger charge is 2.38. The van der Waals surface area contributed by atoms with Crippen LogP contribution in [0.4, 0.5) is 18.2 Å². The molecule has 6 nitrogen and oxygen atoms in total. The highest BCUT2D eigenvalue weighted by molar-refractivity contribution is 9.10. The maximum absolute atomic E-state index is 13.1. The van der Waals surface area contributed by atoms with E-state index in [1.165, 1.54) is 18.3 Å². The second-order valence-electron chi connectivity index (χ2n) is 7.96. The van der Waals surface area contributed by atoms with Gasteiger partial charge in [-0.15, -0.1) is 11.3 Å². The van der Waals surface area contributed by atoms with Crippen molar-refractivity contribution in [3.8, 4) is 0 Å². The van der Waals surface area contributed by atoms with E-state index in [4.69, 9.17) is 4.74 Å². The number of esters is 1. The third kappa shape index (κ3) is 5.14. The smallest absolute Gasteiger partial charge is 0.436 e. The number of rotatable bonds is 5. The average Bonchev–Trinajstić information content (AvgIpc) is 3.12. The SMILES string of the molecule is Cc1c(Br)c(C(F)(F)F)nn1CC(=O)Nc1sc2c(c1C(=O)OC(C)C)CCC(C)C2. The number of hydrogen-bond acceptors (Lipinski definition) is 5. The number of aromatic nitrogens is 2. The largest absolute Gasteiger partial charge is 0.459 e. The molecule has 2 aromatic rings. The molecule has 0 radical (unpaired) electrons. The van der Waals surface area contributed by atoms with Gasteiger partial charge in [-0.25, -0.2) is 4.79 Å². The molecule has 0 saturated carbocycles. The first-order chi connectivity index (χ1) is 14.4. The fraction of sp³-hybridized carbons (Fsp3) is 0.550. The molecular weight excluding hydrogens is 499 g/mol. The molecule has 1 unspecified atom stereocenters. The predicted molar refractivity (Wildman–Crippen MR) is 114 cm³/mol. The van der Waals surface area contributed by atoms with Gasteiger partial charge in [0, 0.05) is 4.88 Å². The van der Waals surface area contributed by atoms with Gasteiger partial charge in [0.25, 0.3) is 0 Å². The lowest BCUT2D eigenvalue weighted by molar-refractivity contribution is -0.142. The van der Waals surface area contributed by atoms with Crippen LogP contribution < -0.4 is 5.32 Å². The van der Waals surface area contributed by atoms with Crippen molar-refractivity contribution in [3.63, 3.8) is 0 Å². The van der Waals surface area contributed by atoms with E-state index in [-0.39, 0.29) is 16.3 Å². The Morgan fingerprint density at radius 3 is 2.65 bits per heavy atom. The van der Waals surface area contributed by atoms with Gasteiger partial charge in [0.2, 0.25) is 5.91 Å². The summed E-state index contributed by atoms with van der Waals surface area (Å²) >= 11 is 4.22. The van der Waals surface area contributed by atoms with Gasteiger partial charge in [0.1, 0.15) is 11.5 Å². The summed E-state index contributed by atoms with van der Waals surface area (Å²) in [6.45, 7) is 6.64. The summed E-state index contributed by atoms with van der Waals surface area (Å²) in [5.74, 6) is -0.611. The Labute approximate surface area is 190 Å². The van der Waals surface area contributed by atoms with Crippen molar-refractivity contribution >= 4 is 44.1 Å². The molecule has 1 amide bonds. The molecule has 1 aliphatic rings. The predicted octanol–water partition coefficient (Wildman–Crippen LogP) is 5.36. The van der Waals surface area contributed by atoms with Crippen LogP contribution in [0.5, 0.6) is 0 Å². The monoisotopic (exact) mass is 521 g/mol. The molecule has 170 valence electrons. The standard InChI is InChI=1S/C20H23BrF3N3O3S/c1-9(2)30-19(29)15-12-6-5-10(3)7-13(12)31-18(15)25-14(28)8-27-11(4)16(21)17(26-27)20(22,23)24/h9-10H,5-8H2,1-4H3,(H,25,28). The molecular formula is C20H23BrF3N3O3S. The van der Waals surface area contributed by atoms with Gasteiger partial charge < -0.3 is 10.1 Å². The molecule has 3 rings (SSSR count). The van der Waals surface area contributed by atoms with Crippen LogP contribution in [-0.2, 0) is 35.1 Å². The fourth-order valence-corrected chi connectivity index (χ4v) is 5.41. The van der Waals surface area contributed by atoms with E-state index in [2.05, 4.69) is 33.3 Å². The van der Waals surface area contributed by atoms with Crippen LogP contribution >= 0.6 is 27.3 Å². The minimum atomic E-state index is -4.64. The molecule has 31 heavy (non-hydrogen) atoms. The minimum absolute atomic E-state index is 0.182. The Balaban J connectivity index is 1.87. The number of nitrogens with one attached hydrogen (secondary N) is 1. The van der Waals surface area contributed by atoms with Gasteiger partial charge in [0.15, 0.2) is 5.69 Å². The Bertz CT molecular complexity index is 1010. The van der Waals surface area contributed by atoms with Crippen LogP contribution in [0, 0.1) is 12.8 Å². The van der Waals surface area contributed by atoms with E-state index in [9.17, 15) is 22.8 Å². The molecule has 1 aliphatic carbocycles. The number of fused-ring (bicyclic) bond motifs is 1. The molecule has 0 bridgehead atoms. The van der Waals surface area contributed by atoms with Gasteiger partial charge in [-0.3, -0.25) is 9.48 Å². The summed E-state index contributed by atoms with van der Waals surface area (Å²) in [7, 11) is 0. The molecule has 2 heterocycles. The number of halogens is 4. The second kappa shape index (κ2) is 8.93. The number of alkyl halides is 3. The summed E-state index contributed by atoms with van der Waals surface area (Å²) in [6, 6.07) is 0. The zero-order chi connectivity index (χ0) is 23.1. The van der Waals surface area contributed by atoms with Crippen molar-refractivity contribution in [2.75, 3.05) is 5.32 Å². The zero-order valence-electron chi connectivity index (χ0n) is 17.5. The maximum atomic E-state index is 13.1. The lowest BCUT2D eigenvalue weighted by Gasteiger charge is -2.18. The van der Waals surface area contributed by atoms with Crippen molar-refractivity contribution in [3.05, 3.63) is 31.9 Å².